The van der Waals surface area contributed by atoms with Crippen LogP contribution in [0.4, 0.5) is 11.4 Å². The highest BCUT2D eigenvalue weighted by Crippen LogP contribution is 2.32. The Bertz CT molecular complexity index is 613. The van der Waals surface area contributed by atoms with Crippen LogP contribution in [0.1, 0.15) is 24.5 Å². The SMILES string of the molecule is CCCc1c(Cl)cc(/N=N/c2cccc(C)c2)cc1Cl. The minimum Gasteiger partial charge on any atom is -0.151 e. The molecule has 104 valence electrons. The number of halogens is 2. The van der Waals surface area contributed by atoms with Crippen LogP contribution in [0.25, 0.3) is 0 Å². The molecule has 0 aliphatic heterocycles. The quantitative estimate of drug-likeness (QED) is 0.563. The number of aryl methyl sites for hydroxylation is 1. The zero-order valence-corrected chi connectivity index (χ0v) is 13.0. The molecule has 2 rings (SSSR count). The lowest BCUT2D eigenvalue weighted by Gasteiger charge is -2.06. The summed E-state index contributed by atoms with van der Waals surface area (Å²) in [7, 11) is 0. The van der Waals surface area contributed by atoms with Crippen molar-refractivity contribution in [1.82, 2.24) is 0 Å². The van der Waals surface area contributed by atoms with Gasteiger partial charge < -0.3 is 0 Å². The lowest BCUT2D eigenvalue weighted by Crippen LogP contribution is -1.86. The molecule has 0 atom stereocenters. The molecule has 0 aliphatic carbocycles. The van der Waals surface area contributed by atoms with Gasteiger partial charge in [-0.15, -0.1) is 0 Å². The summed E-state index contributed by atoms with van der Waals surface area (Å²) in [5, 5.41) is 9.70. The van der Waals surface area contributed by atoms with Gasteiger partial charge in [-0.25, -0.2) is 0 Å². The lowest BCUT2D eigenvalue weighted by atomic mass is 10.1. The summed E-state index contributed by atoms with van der Waals surface area (Å²) < 4.78 is 0. The third-order valence-corrected chi connectivity index (χ3v) is 3.58. The van der Waals surface area contributed by atoms with Gasteiger partial charge in [0.25, 0.3) is 0 Å². The third-order valence-electron chi connectivity index (χ3n) is 2.91. The lowest BCUT2D eigenvalue weighted by molar-refractivity contribution is 0.922. The average molecular weight is 307 g/mol. The first-order chi connectivity index (χ1) is 9.60. The van der Waals surface area contributed by atoms with Crippen molar-refractivity contribution in [3.8, 4) is 0 Å². The van der Waals surface area contributed by atoms with E-state index in [1.54, 1.807) is 12.1 Å². The normalized spacial score (nSPS) is 11.2. The van der Waals surface area contributed by atoms with E-state index in [1.807, 2.05) is 31.2 Å². The molecule has 0 aliphatic rings. The Morgan fingerprint density at radius 2 is 1.60 bits per heavy atom. The summed E-state index contributed by atoms with van der Waals surface area (Å²) in [5.74, 6) is 0. The molecule has 2 aromatic carbocycles. The summed E-state index contributed by atoms with van der Waals surface area (Å²) in [6, 6.07) is 11.5. The molecule has 0 radical (unpaired) electrons. The van der Waals surface area contributed by atoms with E-state index in [9.17, 15) is 0 Å². The van der Waals surface area contributed by atoms with Crippen LogP contribution in [0.15, 0.2) is 46.6 Å². The summed E-state index contributed by atoms with van der Waals surface area (Å²) >= 11 is 12.5. The highest BCUT2D eigenvalue weighted by atomic mass is 35.5. The highest BCUT2D eigenvalue weighted by Gasteiger charge is 2.07. The second-order valence-electron chi connectivity index (χ2n) is 4.68. The van der Waals surface area contributed by atoms with Crippen LogP contribution in [0.3, 0.4) is 0 Å². The molecule has 0 bridgehead atoms. The molecule has 0 saturated heterocycles. The summed E-state index contributed by atoms with van der Waals surface area (Å²) in [5.41, 5.74) is 3.61. The van der Waals surface area contributed by atoms with Crippen LogP contribution < -0.4 is 0 Å². The fourth-order valence-corrected chi connectivity index (χ4v) is 2.61. The molecule has 4 heteroatoms. The maximum absolute atomic E-state index is 6.23. The molecule has 0 N–H and O–H groups in total. The standard InChI is InChI=1S/C16H16Cl2N2/c1-3-5-14-15(17)9-13(10-16(14)18)20-19-12-7-4-6-11(2)8-12/h4,6-10H,3,5H2,1-2H3/b20-19+. The average Bonchev–Trinajstić information content (AvgIpc) is 2.41. The number of nitrogens with zero attached hydrogens (tertiary/aromatic N) is 2. The van der Waals surface area contributed by atoms with E-state index in [0.717, 1.165) is 29.7 Å². The number of hydrogen-bond donors (Lipinski definition) is 0. The Hall–Kier alpha value is -1.38. The fourth-order valence-electron chi connectivity index (χ4n) is 1.94. The van der Waals surface area contributed by atoms with Crippen LogP contribution >= 0.6 is 23.2 Å². The molecule has 0 fully saturated rings. The van der Waals surface area contributed by atoms with Crippen molar-refractivity contribution in [3.05, 3.63) is 57.6 Å². The van der Waals surface area contributed by atoms with E-state index in [-0.39, 0.29) is 0 Å². The van der Waals surface area contributed by atoms with Gasteiger partial charge in [-0.3, -0.25) is 0 Å². The molecular formula is C16H16Cl2N2. The van der Waals surface area contributed by atoms with Gasteiger partial charge >= 0.3 is 0 Å². The predicted molar refractivity (Wildman–Crippen MR) is 85.8 cm³/mol. The van der Waals surface area contributed by atoms with Crippen LogP contribution in [0.2, 0.25) is 10.0 Å². The number of hydrogen-bond acceptors (Lipinski definition) is 2. The molecule has 0 unspecified atom stereocenters. The van der Waals surface area contributed by atoms with Gasteiger partial charge in [0, 0.05) is 10.0 Å². The van der Waals surface area contributed by atoms with Gasteiger partial charge in [-0.2, -0.15) is 10.2 Å². The second-order valence-corrected chi connectivity index (χ2v) is 5.49. The Morgan fingerprint density at radius 1 is 0.950 bits per heavy atom. The van der Waals surface area contributed by atoms with E-state index in [0.29, 0.717) is 15.7 Å². The topological polar surface area (TPSA) is 24.7 Å². The van der Waals surface area contributed by atoms with Crippen molar-refractivity contribution in [1.29, 1.82) is 0 Å². The van der Waals surface area contributed by atoms with Crippen LogP contribution in [-0.4, -0.2) is 0 Å². The third kappa shape index (κ3) is 3.81. The Kier molecular flexibility index (Phi) is 5.16. The van der Waals surface area contributed by atoms with Crippen molar-refractivity contribution in [3.63, 3.8) is 0 Å². The smallest absolute Gasteiger partial charge is 0.0886 e. The number of azo groups is 1. The van der Waals surface area contributed by atoms with E-state index >= 15 is 0 Å². The molecule has 20 heavy (non-hydrogen) atoms. The number of rotatable bonds is 4. The largest absolute Gasteiger partial charge is 0.151 e. The Balaban J connectivity index is 2.26. The highest BCUT2D eigenvalue weighted by molar-refractivity contribution is 6.36. The van der Waals surface area contributed by atoms with E-state index in [2.05, 4.69) is 17.2 Å². The molecule has 2 nitrogen and oxygen atoms in total. The van der Waals surface area contributed by atoms with Crippen LogP contribution in [0.5, 0.6) is 0 Å². The van der Waals surface area contributed by atoms with Crippen LogP contribution in [0, 0.1) is 6.92 Å². The van der Waals surface area contributed by atoms with Crippen molar-refractivity contribution >= 4 is 34.6 Å². The zero-order chi connectivity index (χ0) is 14.5. The second kappa shape index (κ2) is 6.87. The summed E-state index contributed by atoms with van der Waals surface area (Å²) in [4.78, 5) is 0. The van der Waals surface area contributed by atoms with Gasteiger partial charge in [0.15, 0.2) is 0 Å². The summed E-state index contributed by atoms with van der Waals surface area (Å²) in [6.45, 7) is 4.12. The Labute approximate surface area is 129 Å². The van der Waals surface area contributed by atoms with Crippen molar-refractivity contribution in [2.75, 3.05) is 0 Å². The fraction of sp³-hybridized carbons (Fsp3) is 0.250. The first-order valence-corrected chi connectivity index (χ1v) is 7.32. The molecule has 0 saturated carbocycles. The van der Waals surface area contributed by atoms with Gasteiger partial charge in [0.2, 0.25) is 0 Å². The minimum atomic E-state index is 0.651. The molecule has 0 aromatic heterocycles. The van der Waals surface area contributed by atoms with Crippen molar-refractivity contribution in [2.24, 2.45) is 10.2 Å². The van der Waals surface area contributed by atoms with Crippen molar-refractivity contribution < 1.29 is 0 Å². The summed E-state index contributed by atoms with van der Waals surface area (Å²) in [6.07, 6.45) is 1.87. The van der Waals surface area contributed by atoms with Gasteiger partial charge in [-0.1, -0.05) is 48.7 Å². The first-order valence-electron chi connectivity index (χ1n) is 6.56. The minimum absolute atomic E-state index is 0.651. The van der Waals surface area contributed by atoms with Crippen molar-refractivity contribution in [2.45, 2.75) is 26.7 Å². The van der Waals surface area contributed by atoms with E-state index in [1.165, 1.54) is 0 Å². The maximum Gasteiger partial charge on any atom is 0.0886 e. The molecule has 2 aromatic rings. The van der Waals surface area contributed by atoms with Crippen LogP contribution in [-0.2, 0) is 6.42 Å². The monoisotopic (exact) mass is 306 g/mol. The maximum atomic E-state index is 6.23. The molecule has 0 spiro atoms. The van der Waals surface area contributed by atoms with E-state index in [4.69, 9.17) is 23.2 Å². The first kappa shape index (κ1) is 15.0. The molecule has 0 amide bonds. The van der Waals surface area contributed by atoms with Gasteiger partial charge in [0.05, 0.1) is 11.4 Å². The molecular weight excluding hydrogens is 291 g/mol. The Morgan fingerprint density at radius 3 is 2.20 bits per heavy atom. The number of benzene rings is 2. The predicted octanol–water partition coefficient (Wildman–Crippen LogP) is 6.67. The van der Waals surface area contributed by atoms with E-state index < -0.39 is 0 Å². The van der Waals surface area contributed by atoms with Gasteiger partial charge in [-0.05, 0) is 48.7 Å². The van der Waals surface area contributed by atoms with Gasteiger partial charge in [0.1, 0.15) is 0 Å². The zero-order valence-electron chi connectivity index (χ0n) is 11.5. The molecule has 0 heterocycles.